The van der Waals surface area contributed by atoms with Gasteiger partial charge in [-0.05, 0) is 29.8 Å². The van der Waals surface area contributed by atoms with E-state index in [1.165, 1.54) is 24.0 Å². The number of rotatable bonds is 7. The van der Waals surface area contributed by atoms with Gasteiger partial charge in [0.25, 0.3) is 0 Å². The summed E-state index contributed by atoms with van der Waals surface area (Å²) in [6.07, 6.45) is 0.0874. The van der Waals surface area contributed by atoms with Crippen LogP contribution in [0.2, 0.25) is 0 Å². The normalized spacial score (nSPS) is 10.2. The van der Waals surface area contributed by atoms with Crippen LogP contribution in [0.5, 0.6) is 5.75 Å². The van der Waals surface area contributed by atoms with Gasteiger partial charge in [-0.2, -0.15) is 0 Å². The van der Waals surface area contributed by atoms with Gasteiger partial charge in [0.1, 0.15) is 11.6 Å². The molecule has 0 fully saturated rings. The number of nitrogens with one attached hydrogen (secondary N) is 1. The molecule has 0 heterocycles. The molecule has 6 heteroatoms. The Hall–Kier alpha value is -2.89. The van der Waals surface area contributed by atoms with Gasteiger partial charge in [0.05, 0.1) is 12.8 Å². The number of carbonyl (C=O) groups is 2. The zero-order valence-corrected chi connectivity index (χ0v) is 14.3. The SMILES string of the molecule is COc1ccc(CNC(=O)CCN(C(C)=O)c2ccccc2F)cc1. The number of benzene rings is 2. The second-order valence-electron chi connectivity index (χ2n) is 5.50. The number of carbonyl (C=O) groups excluding carboxylic acids is 2. The molecular formula is C19H21FN2O3. The Morgan fingerprint density at radius 2 is 1.80 bits per heavy atom. The minimum atomic E-state index is -0.489. The van der Waals surface area contributed by atoms with Crippen molar-refractivity contribution in [3.8, 4) is 5.75 Å². The molecule has 2 amide bonds. The van der Waals surface area contributed by atoms with Gasteiger partial charge in [-0.25, -0.2) is 4.39 Å². The summed E-state index contributed by atoms with van der Waals surface area (Å²) < 4.78 is 18.9. The van der Waals surface area contributed by atoms with Gasteiger partial charge in [0.15, 0.2) is 0 Å². The fraction of sp³-hybridized carbons (Fsp3) is 0.263. The van der Waals surface area contributed by atoms with E-state index >= 15 is 0 Å². The lowest BCUT2D eigenvalue weighted by Gasteiger charge is -2.21. The summed E-state index contributed by atoms with van der Waals surface area (Å²) in [5.74, 6) is -0.264. The Balaban J connectivity index is 1.88. The largest absolute Gasteiger partial charge is 0.497 e. The fourth-order valence-corrected chi connectivity index (χ4v) is 2.36. The van der Waals surface area contributed by atoms with E-state index in [-0.39, 0.29) is 30.5 Å². The van der Waals surface area contributed by atoms with Gasteiger partial charge in [-0.3, -0.25) is 9.59 Å². The van der Waals surface area contributed by atoms with E-state index in [4.69, 9.17) is 4.74 Å². The van der Waals surface area contributed by atoms with Crippen molar-refractivity contribution in [3.63, 3.8) is 0 Å². The highest BCUT2D eigenvalue weighted by Gasteiger charge is 2.16. The maximum absolute atomic E-state index is 13.9. The second kappa shape index (κ2) is 8.82. The van der Waals surface area contributed by atoms with Crippen LogP contribution in [0.15, 0.2) is 48.5 Å². The first kappa shape index (κ1) is 18.4. The van der Waals surface area contributed by atoms with E-state index in [1.807, 2.05) is 24.3 Å². The number of nitrogens with zero attached hydrogens (tertiary/aromatic N) is 1. The summed E-state index contributed by atoms with van der Waals surface area (Å²) in [5, 5.41) is 2.79. The van der Waals surface area contributed by atoms with Crippen molar-refractivity contribution in [1.82, 2.24) is 5.32 Å². The number of hydrogen-bond acceptors (Lipinski definition) is 3. The molecule has 0 saturated carbocycles. The highest BCUT2D eigenvalue weighted by Crippen LogP contribution is 2.19. The molecule has 1 N–H and O–H groups in total. The molecule has 5 nitrogen and oxygen atoms in total. The smallest absolute Gasteiger partial charge is 0.223 e. The van der Waals surface area contributed by atoms with Crippen molar-refractivity contribution in [1.29, 1.82) is 0 Å². The topological polar surface area (TPSA) is 58.6 Å². The van der Waals surface area contributed by atoms with Crippen molar-refractivity contribution < 1.29 is 18.7 Å². The predicted molar refractivity (Wildman–Crippen MR) is 93.9 cm³/mol. The minimum Gasteiger partial charge on any atom is -0.497 e. The van der Waals surface area contributed by atoms with Crippen LogP contribution in [0.4, 0.5) is 10.1 Å². The molecule has 25 heavy (non-hydrogen) atoms. The third-order valence-corrected chi connectivity index (χ3v) is 3.73. The van der Waals surface area contributed by atoms with Gasteiger partial charge in [-0.15, -0.1) is 0 Å². The Morgan fingerprint density at radius 1 is 1.12 bits per heavy atom. The lowest BCUT2D eigenvalue weighted by molar-refractivity contribution is -0.121. The second-order valence-corrected chi connectivity index (χ2v) is 5.50. The van der Waals surface area contributed by atoms with E-state index in [1.54, 1.807) is 19.2 Å². The summed E-state index contributed by atoms with van der Waals surface area (Å²) in [4.78, 5) is 25.0. The highest BCUT2D eigenvalue weighted by molar-refractivity contribution is 5.92. The summed E-state index contributed by atoms with van der Waals surface area (Å²) in [5.41, 5.74) is 1.12. The molecule has 0 saturated heterocycles. The van der Waals surface area contributed by atoms with Gasteiger partial charge in [0, 0.05) is 26.4 Å². The minimum absolute atomic E-state index is 0.0874. The van der Waals surface area contributed by atoms with Crippen LogP contribution in [-0.2, 0) is 16.1 Å². The average molecular weight is 344 g/mol. The summed E-state index contributed by atoms with van der Waals surface area (Å²) in [7, 11) is 1.59. The molecule has 0 unspecified atom stereocenters. The Kier molecular flexibility index (Phi) is 6.51. The molecule has 0 spiro atoms. The summed E-state index contributed by atoms with van der Waals surface area (Å²) in [6, 6.07) is 13.4. The van der Waals surface area contributed by atoms with Crippen LogP contribution in [0.25, 0.3) is 0 Å². The monoisotopic (exact) mass is 344 g/mol. The lowest BCUT2D eigenvalue weighted by Crippen LogP contribution is -2.34. The zero-order valence-electron chi connectivity index (χ0n) is 14.3. The highest BCUT2D eigenvalue weighted by atomic mass is 19.1. The molecule has 0 aliphatic carbocycles. The zero-order chi connectivity index (χ0) is 18.2. The van der Waals surface area contributed by atoms with E-state index in [0.717, 1.165) is 11.3 Å². The van der Waals surface area contributed by atoms with Crippen molar-refractivity contribution in [2.75, 3.05) is 18.6 Å². The first-order valence-electron chi connectivity index (χ1n) is 7.93. The Morgan fingerprint density at radius 3 is 2.40 bits per heavy atom. The maximum Gasteiger partial charge on any atom is 0.223 e. The number of ether oxygens (including phenoxy) is 1. The molecule has 0 atom stereocenters. The van der Waals surface area contributed by atoms with Crippen LogP contribution in [-0.4, -0.2) is 25.5 Å². The average Bonchev–Trinajstić information content (AvgIpc) is 2.61. The van der Waals surface area contributed by atoms with Gasteiger partial charge in [-0.1, -0.05) is 24.3 Å². The number of para-hydroxylation sites is 1. The Labute approximate surface area is 146 Å². The predicted octanol–water partition coefficient (Wildman–Crippen LogP) is 2.89. The molecule has 0 aromatic heterocycles. The number of methoxy groups -OCH3 is 1. The van der Waals surface area contributed by atoms with E-state index in [9.17, 15) is 14.0 Å². The lowest BCUT2D eigenvalue weighted by atomic mass is 10.2. The molecule has 0 bridgehead atoms. The van der Waals surface area contributed by atoms with Gasteiger partial charge >= 0.3 is 0 Å². The third-order valence-electron chi connectivity index (χ3n) is 3.73. The summed E-state index contributed by atoms with van der Waals surface area (Å²) >= 11 is 0. The van der Waals surface area contributed by atoms with Crippen molar-refractivity contribution in [2.24, 2.45) is 0 Å². The molecule has 0 radical (unpaired) electrons. The molecule has 132 valence electrons. The maximum atomic E-state index is 13.9. The van der Waals surface area contributed by atoms with Crippen molar-refractivity contribution >= 4 is 17.5 Å². The molecule has 0 aliphatic heterocycles. The van der Waals surface area contributed by atoms with Crippen molar-refractivity contribution in [2.45, 2.75) is 19.9 Å². The van der Waals surface area contributed by atoms with Crippen LogP contribution < -0.4 is 15.0 Å². The first-order chi connectivity index (χ1) is 12.0. The van der Waals surface area contributed by atoms with Crippen LogP contribution in [0, 0.1) is 5.82 Å². The van der Waals surface area contributed by atoms with Crippen LogP contribution >= 0.6 is 0 Å². The quantitative estimate of drug-likeness (QED) is 0.840. The standard InChI is InChI=1S/C19H21FN2O3/c1-14(23)22(18-6-4-3-5-17(18)20)12-11-19(24)21-13-15-7-9-16(25-2)10-8-15/h3-10H,11-13H2,1-2H3,(H,21,24). The molecule has 2 aromatic carbocycles. The first-order valence-corrected chi connectivity index (χ1v) is 7.93. The molecular weight excluding hydrogens is 323 g/mol. The van der Waals surface area contributed by atoms with Crippen LogP contribution in [0.3, 0.4) is 0 Å². The van der Waals surface area contributed by atoms with Gasteiger partial charge < -0.3 is 15.0 Å². The molecule has 2 rings (SSSR count). The molecule has 2 aromatic rings. The number of amides is 2. The molecule has 0 aliphatic rings. The van der Waals surface area contributed by atoms with Crippen LogP contribution in [0.1, 0.15) is 18.9 Å². The number of anilines is 1. The van der Waals surface area contributed by atoms with Gasteiger partial charge in [0.2, 0.25) is 11.8 Å². The number of halogens is 1. The van der Waals surface area contributed by atoms with E-state index in [2.05, 4.69) is 5.32 Å². The Bertz CT molecular complexity index is 732. The van der Waals surface area contributed by atoms with E-state index < -0.39 is 5.82 Å². The van der Waals surface area contributed by atoms with Crippen molar-refractivity contribution in [3.05, 3.63) is 59.9 Å². The fourth-order valence-electron chi connectivity index (χ4n) is 2.36. The van der Waals surface area contributed by atoms with E-state index in [0.29, 0.717) is 6.54 Å². The number of hydrogen-bond donors (Lipinski definition) is 1. The summed E-state index contributed by atoms with van der Waals surface area (Å²) in [6.45, 7) is 1.84. The third kappa shape index (κ3) is 5.31.